The van der Waals surface area contributed by atoms with E-state index in [0.29, 0.717) is 30.3 Å². The highest BCUT2D eigenvalue weighted by Crippen LogP contribution is 2.28. The van der Waals surface area contributed by atoms with Gasteiger partial charge < -0.3 is 4.74 Å². The molecule has 0 spiro atoms. The van der Waals surface area contributed by atoms with Crippen LogP contribution in [0.1, 0.15) is 11.6 Å². The lowest BCUT2D eigenvalue weighted by Crippen LogP contribution is -2.52. The Morgan fingerprint density at radius 2 is 1.83 bits per heavy atom. The molecule has 9 heteroatoms. The van der Waals surface area contributed by atoms with Crippen LogP contribution in [0.3, 0.4) is 0 Å². The van der Waals surface area contributed by atoms with Crippen LogP contribution in [0.2, 0.25) is 5.02 Å². The standard InChI is InChI=1S/C21H23ClF3N3O2/c1-27-11-12-28(13-18(27)15-5-3-2-4-6-15)14-19(21(23,24)25)30-20(29)26-17-9-7-16(22)8-10-17/h2-10,18-19H,11-14H2,1H3,(H,26,29). The SMILES string of the molecule is CN1CCN(CC(OC(=O)Nc2ccc(Cl)cc2)C(F)(F)F)CC1c1ccccc1. The van der Waals surface area contributed by atoms with Gasteiger partial charge in [-0.25, -0.2) is 4.79 Å². The number of alkyl halides is 3. The van der Waals surface area contributed by atoms with Crippen LogP contribution in [0.25, 0.3) is 0 Å². The van der Waals surface area contributed by atoms with Crippen LogP contribution in [0.15, 0.2) is 54.6 Å². The molecule has 2 atom stereocenters. The fourth-order valence-electron chi connectivity index (χ4n) is 3.38. The summed E-state index contributed by atoms with van der Waals surface area (Å²) in [6.45, 7) is 1.06. The first-order valence-electron chi connectivity index (χ1n) is 9.50. The number of piperazine rings is 1. The Labute approximate surface area is 178 Å². The lowest BCUT2D eigenvalue weighted by molar-refractivity contribution is -0.208. The molecule has 2 aromatic rings. The van der Waals surface area contributed by atoms with Crippen molar-refractivity contribution in [3.05, 3.63) is 65.2 Å². The largest absolute Gasteiger partial charge is 0.435 e. The molecular formula is C21H23ClF3N3O2. The first kappa shape index (κ1) is 22.4. The van der Waals surface area contributed by atoms with Gasteiger partial charge in [0.25, 0.3) is 0 Å². The Bertz CT molecular complexity index is 834. The summed E-state index contributed by atoms with van der Waals surface area (Å²) >= 11 is 5.77. The quantitative estimate of drug-likeness (QED) is 0.723. The predicted octanol–water partition coefficient (Wildman–Crippen LogP) is 4.81. The predicted molar refractivity (Wildman–Crippen MR) is 110 cm³/mol. The van der Waals surface area contributed by atoms with Gasteiger partial charge in [-0.15, -0.1) is 0 Å². The molecule has 2 unspecified atom stereocenters. The zero-order chi connectivity index (χ0) is 21.7. The number of carbonyl (C=O) groups excluding carboxylic acids is 1. The van der Waals surface area contributed by atoms with Gasteiger partial charge in [-0.05, 0) is 36.9 Å². The van der Waals surface area contributed by atoms with E-state index in [4.69, 9.17) is 16.3 Å². The van der Waals surface area contributed by atoms with Crippen LogP contribution in [0.5, 0.6) is 0 Å². The third-order valence-corrected chi connectivity index (χ3v) is 5.30. The molecular weight excluding hydrogens is 419 g/mol. The normalized spacial score (nSPS) is 19.3. The number of hydrogen-bond acceptors (Lipinski definition) is 4. The van der Waals surface area contributed by atoms with Crippen LogP contribution in [0, 0.1) is 0 Å². The maximum absolute atomic E-state index is 13.6. The van der Waals surface area contributed by atoms with Gasteiger partial charge in [0.1, 0.15) is 0 Å². The number of halogens is 4. The molecule has 2 aromatic carbocycles. The van der Waals surface area contributed by atoms with E-state index in [1.165, 1.54) is 24.3 Å². The minimum absolute atomic E-state index is 0.0308. The summed E-state index contributed by atoms with van der Waals surface area (Å²) in [5.74, 6) is 0. The zero-order valence-electron chi connectivity index (χ0n) is 16.4. The van der Waals surface area contributed by atoms with Gasteiger partial charge in [-0.3, -0.25) is 15.1 Å². The van der Waals surface area contributed by atoms with E-state index in [-0.39, 0.29) is 6.04 Å². The number of likely N-dealkylation sites (N-methyl/N-ethyl adjacent to an activating group) is 1. The molecule has 1 aliphatic rings. The average Bonchev–Trinajstić information content (AvgIpc) is 2.70. The lowest BCUT2D eigenvalue weighted by Gasteiger charge is -2.40. The molecule has 1 saturated heterocycles. The molecule has 0 aliphatic carbocycles. The van der Waals surface area contributed by atoms with E-state index in [0.717, 1.165) is 5.56 Å². The molecule has 0 radical (unpaired) electrons. The highest BCUT2D eigenvalue weighted by atomic mass is 35.5. The summed E-state index contributed by atoms with van der Waals surface area (Å²) in [5, 5.41) is 2.75. The highest BCUT2D eigenvalue weighted by molar-refractivity contribution is 6.30. The topological polar surface area (TPSA) is 44.8 Å². The molecule has 5 nitrogen and oxygen atoms in total. The zero-order valence-corrected chi connectivity index (χ0v) is 17.2. The molecule has 1 fully saturated rings. The Kier molecular flexibility index (Phi) is 7.23. The molecule has 162 valence electrons. The van der Waals surface area contributed by atoms with E-state index in [9.17, 15) is 18.0 Å². The van der Waals surface area contributed by atoms with Crippen molar-refractivity contribution in [3.63, 3.8) is 0 Å². The van der Waals surface area contributed by atoms with Crippen molar-refractivity contribution in [3.8, 4) is 0 Å². The third kappa shape index (κ3) is 6.10. The van der Waals surface area contributed by atoms with E-state index in [2.05, 4.69) is 10.2 Å². The van der Waals surface area contributed by atoms with Crippen LogP contribution in [-0.4, -0.2) is 61.4 Å². The maximum Gasteiger partial charge on any atom is 0.426 e. The molecule has 1 aliphatic heterocycles. The lowest BCUT2D eigenvalue weighted by atomic mass is 10.0. The Balaban J connectivity index is 1.64. The molecule has 0 aromatic heterocycles. The number of anilines is 1. The van der Waals surface area contributed by atoms with Crippen LogP contribution >= 0.6 is 11.6 Å². The fourth-order valence-corrected chi connectivity index (χ4v) is 3.51. The van der Waals surface area contributed by atoms with Gasteiger partial charge >= 0.3 is 12.3 Å². The average molecular weight is 442 g/mol. The number of rotatable bonds is 5. The smallest absolute Gasteiger partial charge is 0.426 e. The van der Waals surface area contributed by atoms with E-state index >= 15 is 0 Å². The van der Waals surface area contributed by atoms with Crippen molar-refractivity contribution in [2.45, 2.75) is 18.3 Å². The number of ether oxygens (including phenoxy) is 1. The van der Waals surface area contributed by atoms with Gasteiger partial charge in [0.2, 0.25) is 6.10 Å². The van der Waals surface area contributed by atoms with E-state index in [1.54, 1.807) is 4.90 Å². The van der Waals surface area contributed by atoms with Gasteiger partial charge in [-0.1, -0.05) is 41.9 Å². The molecule has 0 bridgehead atoms. The summed E-state index contributed by atoms with van der Waals surface area (Å²) in [6, 6.07) is 15.6. The Hall–Kier alpha value is -2.29. The van der Waals surface area contributed by atoms with Crippen molar-refractivity contribution in [1.82, 2.24) is 9.80 Å². The van der Waals surface area contributed by atoms with Crippen molar-refractivity contribution < 1.29 is 22.7 Å². The van der Waals surface area contributed by atoms with Crippen molar-refractivity contribution >= 4 is 23.4 Å². The Morgan fingerprint density at radius 1 is 1.17 bits per heavy atom. The number of amides is 1. The van der Waals surface area contributed by atoms with Gasteiger partial charge in [0, 0.05) is 42.9 Å². The summed E-state index contributed by atoms with van der Waals surface area (Å²) < 4.78 is 45.4. The van der Waals surface area contributed by atoms with Crippen LogP contribution in [-0.2, 0) is 4.74 Å². The highest BCUT2D eigenvalue weighted by Gasteiger charge is 2.44. The van der Waals surface area contributed by atoms with E-state index < -0.39 is 24.9 Å². The number of carbonyl (C=O) groups is 1. The van der Waals surface area contributed by atoms with Gasteiger partial charge in [0.05, 0.1) is 0 Å². The molecule has 3 rings (SSSR count). The maximum atomic E-state index is 13.6. The third-order valence-electron chi connectivity index (χ3n) is 5.05. The molecule has 0 saturated carbocycles. The van der Waals surface area contributed by atoms with Crippen molar-refractivity contribution in [1.29, 1.82) is 0 Å². The molecule has 30 heavy (non-hydrogen) atoms. The van der Waals surface area contributed by atoms with Crippen LogP contribution in [0.4, 0.5) is 23.7 Å². The Morgan fingerprint density at radius 3 is 2.47 bits per heavy atom. The number of nitrogens with one attached hydrogen (secondary N) is 1. The fraction of sp³-hybridized carbons (Fsp3) is 0.381. The number of benzene rings is 2. The summed E-state index contributed by atoms with van der Waals surface area (Å²) in [6.07, 6.45) is -8.07. The molecule has 1 N–H and O–H groups in total. The second-order valence-corrected chi connectivity index (χ2v) is 7.67. The van der Waals surface area contributed by atoms with Crippen LogP contribution < -0.4 is 5.32 Å². The molecule has 1 amide bonds. The number of hydrogen-bond donors (Lipinski definition) is 1. The molecule has 1 heterocycles. The second kappa shape index (κ2) is 9.68. The first-order valence-corrected chi connectivity index (χ1v) is 9.87. The minimum Gasteiger partial charge on any atom is -0.435 e. The summed E-state index contributed by atoms with van der Waals surface area (Å²) in [4.78, 5) is 15.8. The van der Waals surface area contributed by atoms with Crippen molar-refractivity contribution in [2.75, 3.05) is 38.5 Å². The first-order chi connectivity index (χ1) is 14.2. The monoisotopic (exact) mass is 441 g/mol. The van der Waals surface area contributed by atoms with Crippen molar-refractivity contribution in [2.24, 2.45) is 0 Å². The van der Waals surface area contributed by atoms with Gasteiger partial charge in [-0.2, -0.15) is 13.2 Å². The summed E-state index contributed by atoms with van der Waals surface area (Å²) in [5.41, 5.74) is 1.34. The summed E-state index contributed by atoms with van der Waals surface area (Å²) in [7, 11) is 1.95. The second-order valence-electron chi connectivity index (χ2n) is 7.23. The minimum atomic E-state index is -4.68. The van der Waals surface area contributed by atoms with E-state index in [1.807, 2.05) is 37.4 Å². The number of nitrogens with zero attached hydrogens (tertiary/aromatic N) is 2. The van der Waals surface area contributed by atoms with Gasteiger partial charge in [0.15, 0.2) is 0 Å².